The van der Waals surface area contributed by atoms with Crippen molar-refractivity contribution in [3.63, 3.8) is 0 Å². The highest BCUT2D eigenvalue weighted by atomic mass is 19.1. The van der Waals surface area contributed by atoms with Gasteiger partial charge in [-0.3, -0.25) is 0 Å². The highest BCUT2D eigenvalue weighted by Gasteiger charge is 2.44. The number of hydrogen-bond donors (Lipinski definition) is 3. The van der Waals surface area contributed by atoms with Crippen molar-refractivity contribution in [1.82, 2.24) is 29.3 Å². The van der Waals surface area contributed by atoms with Crippen LogP contribution in [0.1, 0.15) is 43.7 Å². The van der Waals surface area contributed by atoms with E-state index in [2.05, 4.69) is 44.6 Å². The van der Waals surface area contributed by atoms with Gasteiger partial charge < -0.3 is 20.7 Å². The molecule has 2 fully saturated rings. The van der Waals surface area contributed by atoms with E-state index >= 15 is 4.39 Å². The molecule has 4 heterocycles. The number of hydrogen-bond acceptors (Lipinski definition) is 7. The van der Waals surface area contributed by atoms with Crippen molar-refractivity contribution < 1.29 is 9.50 Å². The molecule has 0 bridgehead atoms. The molecule has 0 saturated heterocycles. The van der Waals surface area contributed by atoms with Crippen LogP contribution in [0, 0.1) is 5.92 Å². The van der Waals surface area contributed by atoms with Crippen LogP contribution in [0.5, 0.6) is 0 Å². The van der Waals surface area contributed by atoms with E-state index in [1.54, 1.807) is 21.6 Å². The summed E-state index contributed by atoms with van der Waals surface area (Å²) < 4.78 is 19.1. The molecule has 4 aromatic heterocycles. The van der Waals surface area contributed by atoms with Gasteiger partial charge in [0.25, 0.3) is 0 Å². The average molecular weight is 527 g/mol. The van der Waals surface area contributed by atoms with Gasteiger partial charge in [-0.25, -0.2) is 24.0 Å². The Bertz CT molecular complexity index is 1630. The van der Waals surface area contributed by atoms with Crippen molar-refractivity contribution in [3.8, 4) is 5.69 Å². The molecule has 10 heteroatoms. The number of rotatable bonds is 7. The third-order valence-electron chi connectivity index (χ3n) is 8.47. The maximum atomic E-state index is 15.6. The highest BCUT2D eigenvalue weighted by molar-refractivity contribution is 5.94. The molecule has 2 aliphatic rings. The third kappa shape index (κ3) is 4.28. The number of aliphatic hydroxyl groups is 1. The van der Waals surface area contributed by atoms with E-state index in [0.29, 0.717) is 41.4 Å². The Morgan fingerprint density at radius 3 is 2.82 bits per heavy atom. The Labute approximate surface area is 224 Å². The minimum absolute atomic E-state index is 0.190. The second-order valence-electron chi connectivity index (χ2n) is 10.9. The van der Waals surface area contributed by atoms with Crippen molar-refractivity contribution in [1.29, 1.82) is 0 Å². The summed E-state index contributed by atoms with van der Waals surface area (Å²) in [5.41, 5.74) is 9.52. The monoisotopic (exact) mass is 526 g/mol. The van der Waals surface area contributed by atoms with Crippen LogP contribution in [-0.4, -0.2) is 52.7 Å². The Morgan fingerprint density at radius 2 is 2.03 bits per heavy atom. The summed E-state index contributed by atoms with van der Waals surface area (Å²) in [6.45, 7) is 0. The molecule has 9 nitrogen and oxygen atoms in total. The summed E-state index contributed by atoms with van der Waals surface area (Å²) in [4.78, 5) is 13.4. The largest absolute Gasteiger partial charge is 0.390 e. The molecule has 4 atom stereocenters. The average Bonchev–Trinajstić information content (AvgIpc) is 3.64. The van der Waals surface area contributed by atoms with Crippen LogP contribution < -0.4 is 11.1 Å². The van der Waals surface area contributed by atoms with Crippen molar-refractivity contribution in [2.24, 2.45) is 5.92 Å². The number of nitrogens with one attached hydrogen (secondary N) is 1. The van der Waals surface area contributed by atoms with Crippen molar-refractivity contribution >= 4 is 33.6 Å². The molecular weight excluding hydrogens is 495 g/mol. The standard InChI is InChI=1S/C29H31FN8O/c30-26-22(37-15-23(38-12-2-11-34-38)25-28(31)32-16-33-29(25)37)14-19(27(26)39)8-6-17-5-7-18-9-10-24(36-21(18)13-17)35-20-3-1-4-20/h2,5,7,9-13,15-16,19-20,22,26-27,39H,1,3-4,6,8,14H2,(H,35,36)(H2,31,32,33). The number of nitrogens with zero attached hydrogens (tertiary/aromatic N) is 6. The van der Waals surface area contributed by atoms with Crippen molar-refractivity contribution in [2.45, 2.75) is 62.9 Å². The van der Waals surface area contributed by atoms with E-state index < -0.39 is 18.3 Å². The van der Waals surface area contributed by atoms with Crippen LogP contribution in [0.4, 0.5) is 16.0 Å². The van der Waals surface area contributed by atoms with Gasteiger partial charge in [-0.15, -0.1) is 0 Å². The molecule has 0 spiro atoms. The third-order valence-corrected chi connectivity index (χ3v) is 8.47. The Kier molecular flexibility index (Phi) is 5.92. The summed E-state index contributed by atoms with van der Waals surface area (Å²) in [5, 5.41) is 20.5. The van der Waals surface area contributed by atoms with E-state index in [9.17, 15) is 5.11 Å². The predicted octanol–water partition coefficient (Wildman–Crippen LogP) is 4.60. The minimum Gasteiger partial charge on any atom is -0.390 e. The first-order chi connectivity index (χ1) is 19.0. The van der Waals surface area contributed by atoms with Crippen LogP contribution >= 0.6 is 0 Å². The van der Waals surface area contributed by atoms with Gasteiger partial charge in [0.05, 0.1) is 28.7 Å². The van der Waals surface area contributed by atoms with E-state index in [4.69, 9.17) is 10.7 Å². The molecule has 2 aliphatic carbocycles. The molecule has 7 rings (SSSR count). The molecule has 39 heavy (non-hydrogen) atoms. The zero-order chi connectivity index (χ0) is 26.5. The number of halogens is 1. The fraction of sp³-hybridized carbons (Fsp3) is 0.379. The van der Waals surface area contributed by atoms with E-state index in [0.717, 1.165) is 28.7 Å². The first kappa shape index (κ1) is 24.0. The van der Waals surface area contributed by atoms with Gasteiger partial charge in [0.2, 0.25) is 0 Å². The Balaban J connectivity index is 1.11. The molecule has 5 aromatic rings. The van der Waals surface area contributed by atoms with E-state index in [1.807, 2.05) is 18.3 Å². The van der Waals surface area contributed by atoms with Gasteiger partial charge in [-0.1, -0.05) is 12.1 Å². The molecule has 1 aromatic carbocycles. The molecule has 0 amide bonds. The number of pyridine rings is 1. The molecule has 2 saturated carbocycles. The van der Waals surface area contributed by atoms with E-state index in [1.165, 1.54) is 25.6 Å². The van der Waals surface area contributed by atoms with Gasteiger partial charge in [0.15, 0.2) is 0 Å². The fourth-order valence-electron chi connectivity index (χ4n) is 6.06. The van der Waals surface area contributed by atoms with Crippen LogP contribution in [0.2, 0.25) is 0 Å². The normalized spacial score (nSPS) is 23.4. The second-order valence-corrected chi connectivity index (χ2v) is 10.9. The lowest BCUT2D eigenvalue weighted by atomic mass is 9.93. The lowest BCUT2D eigenvalue weighted by Gasteiger charge is -2.26. The maximum Gasteiger partial charge on any atom is 0.148 e. The predicted molar refractivity (Wildman–Crippen MR) is 148 cm³/mol. The highest BCUT2D eigenvalue weighted by Crippen LogP contribution is 2.42. The van der Waals surface area contributed by atoms with Crippen molar-refractivity contribution in [2.75, 3.05) is 11.1 Å². The summed E-state index contributed by atoms with van der Waals surface area (Å²) in [7, 11) is 0. The fourth-order valence-corrected chi connectivity index (χ4v) is 6.06. The zero-order valence-electron chi connectivity index (χ0n) is 21.5. The summed E-state index contributed by atoms with van der Waals surface area (Å²) in [5.74, 6) is 1.03. The summed E-state index contributed by atoms with van der Waals surface area (Å²) >= 11 is 0. The number of nitrogen functional groups attached to an aromatic ring is 1. The molecule has 4 N–H and O–H groups in total. The number of benzene rings is 1. The number of alkyl halides is 1. The number of aryl methyl sites for hydroxylation is 1. The maximum absolute atomic E-state index is 15.6. The van der Waals surface area contributed by atoms with Crippen LogP contribution in [-0.2, 0) is 6.42 Å². The van der Waals surface area contributed by atoms with Crippen LogP contribution in [0.25, 0.3) is 27.6 Å². The number of aromatic nitrogens is 6. The van der Waals surface area contributed by atoms with Crippen LogP contribution in [0.3, 0.4) is 0 Å². The number of nitrogens with two attached hydrogens (primary N) is 1. The number of aliphatic hydroxyl groups excluding tert-OH is 1. The lowest BCUT2D eigenvalue weighted by Crippen LogP contribution is -2.27. The SMILES string of the molecule is Nc1ncnc2c1c(-n1cccn1)cn2C1CC(CCc2ccc3ccc(NC4CCC4)nc3c2)C(O)C1F. The second kappa shape index (κ2) is 9.60. The van der Waals surface area contributed by atoms with Gasteiger partial charge in [0, 0.05) is 30.0 Å². The van der Waals surface area contributed by atoms with Gasteiger partial charge >= 0.3 is 0 Å². The number of anilines is 2. The zero-order valence-corrected chi connectivity index (χ0v) is 21.5. The number of fused-ring (bicyclic) bond motifs is 2. The van der Waals surface area contributed by atoms with E-state index in [-0.39, 0.29) is 5.92 Å². The minimum atomic E-state index is -1.43. The molecule has 0 aliphatic heterocycles. The quantitative estimate of drug-likeness (QED) is 0.283. The first-order valence-corrected chi connectivity index (χ1v) is 13.6. The smallest absolute Gasteiger partial charge is 0.148 e. The van der Waals surface area contributed by atoms with Gasteiger partial charge in [-0.2, -0.15) is 5.10 Å². The topological polar surface area (TPSA) is 120 Å². The van der Waals surface area contributed by atoms with Crippen molar-refractivity contribution in [3.05, 3.63) is 66.9 Å². The van der Waals surface area contributed by atoms with Gasteiger partial charge in [-0.05, 0) is 74.3 Å². The molecular formula is C29H31FN8O. The molecule has 200 valence electrons. The summed E-state index contributed by atoms with van der Waals surface area (Å²) in [6.07, 6.45) is 9.77. The van der Waals surface area contributed by atoms with Crippen LogP contribution in [0.15, 0.2) is 61.3 Å². The molecule has 4 unspecified atom stereocenters. The Hall–Kier alpha value is -4.05. The lowest BCUT2D eigenvalue weighted by molar-refractivity contribution is 0.0574. The first-order valence-electron chi connectivity index (χ1n) is 13.6. The molecule has 0 radical (unpaired) electrons. The summed E-state index contributed by atoms with van der Waals surface area (Å²) in [6, 6.07) is 12.2. The Morgan fingerprint density at radius 1 is 1.15 bits per heavy atom. The van der Waals surface area contributed by atoms with Gasteiger partial charge in [0.1, 0.15) is 29.8 Å².